The van der Waals surface area contributed by atoms with E-state index in [0.717, 1.165) is 17.9 Å². The molecule has 0 saturated carbocycles. The fraction of sp³-hybridized carbons (Fsp3) is 0.571. The van der Waals surface area contributed by atoms with Crippen LogP contribution in [0.1, 0.15) is 19.4 Å². The van der Waals surface area contributed by atoms with Crippen molar-refractivity contribution in [1.29, 1.82) is 0 Å². The molecule has 1 rings (SSSR count). The molecule has 1 aromatic carbocycles. The van der Waals surface area contributed by atoms with E-state index in [0.29, 0.717) is 5.92 Å². The van der Waals surface area contributed by atoms with E-state index < -0.39 is 6.10 Å². The molecular weight excluding hydrogens is 230 g/mol. The molecule has 0 saturated heterocycles. The maximum absolute atomic E-state index is 9.95. The van der Waals surface area contributed by atoms with Crippen LogP contribution >= 0.6 is 11.8 Å². The van der Waals surface area contributed by atoms with E-state index in [4.69, 9.17) is 5.73 Å². The summed E-state index contributed by atoms with van der Waals surface area (Å²) in [6.45, 7) is 4.37. The molecule has 2 nitrogen and oxygen atoms in total. The van der Waals surface area contributed by atoms with Crippen LogP contribution in [0.4, 0.5) is 0 Å². The Bertz CT molecular complexity index is 302. The molecule has 2 unspecified atom stereocenters. The average molecular weight is 253 g/mol. The van der Waals surface area contributed by atoms with Gasteiger partial charge in [0.2, 0.25) is 0 Å². The highest BCUT2D eigenvalue weighted by Crippen LogP contribution is 2.12. The molecule has 0 amide bonds. The number of aliphatic hydroxyl groups is 1. The predicted molar refractivity (Wildman–Crippen MR) is 76.3 cm³/mol. The zero-order valence-corrected chi connectivity index (χ0v) is 11.5. The largest absolute Gasteiger partial charge is 0.391 e. The Kier molecular flexibility index (Phi) is 6.63. The normalized spacial score (nSPS) is 14.9. The van der Waals surface area contributed by atoms with Gasteiger partial charge in [0.05, 0.1) is 6.10 Å². The molecule has 0 heterocycles. The average Bonchev–Trinajstić information content (AvgIpc) is 2.29. The van der Waals surface area contributed by atoms with Crippen LogP contribution in [0.2, 0.25) is 0 Å². The van der Waals surface area contributed by atoms with Gasteiger partial charge < -0.3 is 10.8 Å². The van der Waals surface area contributed by atoms with Crippen LogP contribution in [0.5, 0.6) is 0 Å². The Morgan fingerprint density at radius 2 is 1.82 bits per heavy atom. The van der Waals surface area contributed by atoms with Gasteiger partial charge in [0.1, 0.15) is 0 Å². The van der Waals surface area contributed by atoms with Gasteiger partial charge in [-0.25, -0.2) is 0 Å². The van der Waals surface area contributed by atoms with Crippen LogP contribution in [-0.4, -0.2) is 28.8 Å². The molecule has 0 aliphatic carbocycles. The van der Waals surface area contributed by atoms with Crippen LogP contribution < -0.4 is 5.73 Å². The summed E-state index contributed by atoms with van der Waals surface area (Å²) in [6, 6.07) is 9.92. The molecule has 17 heavy (non-hydrogen) atoms. The minimum atomic E-state index is -0.418. The molecule has 0 radical (unpaired) electrons. The maximum atomic E-state index is 9.95. The molecule has 0 aliphatic rings. The minimum absolute atomic E-state index is 0.169. The third-order valence-electron chi connectivity index (χ3n) is 2.55. The van der Waals surface area contributed by atoms with Crippen LogP contribution in [-0.2, 0) is 6.42 Å². The monoisotopic (exact) mass is 253 g/mol. The zero-order chi connectivity index (χ0) is 12.7. The van der Waals surface area contributed by atoms with Crippen molar-refractivity contribution in [2.75, 3.05) is 11.5 Å². The maximum Gasteiger partial charge on any atom is 0.0784 e. The third kappa shape index (κ3) is 6.10. The Balaban J connectivity index is 2.29. The van der Waals surface area contributed by atoms with Crippen molar-refractivity contribution >= 4 is 11.8 Å². The topological polar surface area (TPSA) is 46.2 Å². The van der Waals surface area contributed by atoms with E-state index in [1.807, 2.05) is 30.3 Å². The van der Waals surface area contributed by atoms with Crippen LogP contribution in [0.3, 0.4) is 0 Å². The zero-order valence-electron chi connectivity index (χ0n) is 10.7. The molecule has 3 heteroatoms. The van der Waals surface area contributed by atoms with Crippen molar-refractivity contribution in [3.8, 4) is 0 Å². The Morgan fingerprint density at radius 3 is 2.41 bits per heavy atom. The van der Waals surface area contributed by atoms with Crippen molar-refractivity contribution in [3.05, 3.63) is 35.9 Å². The standard InChI is InChI=1S/C14H23NOS/c1-11(2)9-17-10-14(16)13(15)8-12-6-4-3-5-7-12/h3-7,11,13-14,16H,8-10,15H2,1-2H3. The second kappa shape index (κ2) is 7.75. The number of rotatable bonds is 7. The van der Waals surface area contributed by atoms with E-state index in [2.05, 4.69) is 13.8 Å². The molecule has 96 valence electrons. The van der Waals surface area contributed by atoms with Crippen molar-refractivity contribution in [2.45, 2.75) is 32.4 Å². The summed E-state index contributed by atoms with van der Waals surface area (Å²) >= 11 is 1.78. The summed E-state index contributed by atoms with van der Waals surface area (Å²) in [5.74, 6) is 2.47. The minimum Gasteiger partial charge on any atom is -0.391 e. The van der Waals surface area contributed by atoms with Gasteiger partial charge in [0.25, 0.3) is 0 Å². The number of hydrogen-bond donors (Lipinski definition) is 2. The number of aliphatic hydroxyl groups excluding tert-OH is 1. The Hall–Kier alpha value is -0.510. The van der Waals surface area contributed by atoms with Crippen molar-refractivity contribution < 1.29 is 5.11 Å². The molecule has 0 aromatic heterocycles. The summed E-state index contributed by atoms with van der Waals surface area (Å²) in [4.78, 5) is 0. The molecule has 0 fully saturated rings. The molecule has 0 bridgehead atoms. The molecule has 3 N–H and O–H groups in total. The van der Waals surface area contributed by atoms with Gasteiger partial charge >= 0.3 is 0 Å². The summed E-state index contributed by atoms with van der Waals surface area (Å²) in [5, 5.41) is 9.95. The molecule has 0 aliphatic heterocycles. The molecule has 2 atom stereocenters. The van der Waals surface area contributed by atoms with Crippen LogP contribution in [0.25, 0.3) is 0 Å². The molecule has 1 aromatic rings. The van der Waals surface area contributed by atoms with Crippen molar-refractivity contribution in [3.63, 3.8) is 0 Å². The Morgan fingerprint density at radius 1 is 1.18 bits per heavy atom. The second-order valence-corrected chi connectivity index (χ2v) is 5.93. The number of nitrogens with two attached hydrogens (primary N) is 1. The van der Waals surface area contributed by atoms with Gasteiger partial charge in [-0.2, -0.15) is 11.8 Å². The summed E-state index contributed by atoms with van der Waals surface area (Å²) in [7, 11) is 0. The van der Waals surface area contributed by atoms with Gasteiger partial charge in [-0.3, -0.25) is 0 Å². The number of benzene rings is 1. The lowest BCUT2D eigenvalue weighted by Crippen LogP contribution is -2.38. The summed E-state index contributed by atoms with van der Waals surface area (Å²) in [6.07, 6.45) is 0.323. The van der Waals surface area contributed by atoms with Crippen LogP contribution in [0, 0.1) is 5.92 Å². The molecular formula is C14H23NOS. The van der Waals surface area contributed by atoms with E-state index >= 15 is 0 Å². The van der Waals surface area contributed by atoms with E-state index in [9.17, 15) is 5.11 Å². The van der Waals surface area contributed by atoms with Gasteiger partial charge in [-0.15, -0.1) is 0 Å². The smallest absolute Gasteiger partial charge is 0.0784 e. The first-order chi connectivity index (χ1) is 8.09. The molecule has 0 spiro atoms. The fourth-order valence-corrected chi connectivity index (χ4v) is 2.67. The summed E-state index contributed by atoms with van der Waals surface area (Å²) in [5.41, 5.74) is 7.19. The Labute approximate surface area is 109 Å². The van der Waals surface area contributed by atoms with Crippen molar-refractivity contribution in [2.24, 2.45) is 11.7 Å². The van der Waals surface area contributed by atoms with Gasteiger partial charge in [-0.05, 0) is 23.7 Å². The quantitative estimate of drug-likeness (QED) is 0.784. The van der Waals surface area contributed by atoms with Crippen LogP contribution in [0.15, 0.2) is 30.3 Å². The summed E-state index contributed by atoms with van der Waals surface area (Å²) < 4.78 is 0. The second-order valence-electron chi connectivity index (χ2n) is 4.85. The first kappa shape index (κ1) is 14.6. The number of hydrogen-bond acceptors (Lipinski definition) is 3. The third-order valence-corrected chi connectivity index (χ3v) is 4.03. The highest BCUT2D eigenvalue weighted by Gasteiger charge is 2.15. The van der Waals surface area contributed by atoms with E-state index in [1.165, 1.54) is 5.56 Å². The predicted octanol–water partition coefficient (Wildman–Crippen LogP) is 2.31. The number of thioether (sulfide) groups is 1. The van der Waals surface area contributed by atoms with E-state index in [-0.39, 0.29) is 6.04 Å². The van der Waals surface area contributed by atoms with E-state index in [1.54, 1.807) is 11.8 Å². The lowest BCUT2D eigenvalue weighted by Gasteiger charge is -2.19. The van der Waals surface area contributed by atoms with Gasteiger partial charge in [0, 0.05) is 11.8 Å². The lowest BCUT2D eigenvalue weighted by molar-refractivity contribution is 0.167. The highest BCUT2D eigenvalue weighted by molar-refractivity contribution is 7.99. The first-order valence-electron chi connectivity index (χ1n) is 6.15. The first-order valence-corrected chi connectivity index (χ1v) is 7.30. The SMILES string of the molecule is CC(C)CSCC(O)C(N)Cc1ccccc1. The lowest BCUT2D eigenvalue weighted by atomic mass is 10.0. The van der Waals surface area contributed by atoms with Crippen molar-refractivity contribution in [1.82, 2.24) is 0 Å². The fourth-order valence-electron chi connectivity index (χ4n) is 1.57. The highest BCUT2D eigenvalue weighted by atomic mass is 32.2. The van der Waals surface area contributed by atoms with Gasteiger partial charge in [0.15, 0.2) is 0 Å². The van der Waals surface area contributed by atoms with Gasteiger partial charge in [-0.1, -0.05) is 44.2 Å².